The number of aromatic nitrogens is 1. The second-order valence-electron chi connectivity index (χ2n) is 2.57. The van der Waals surface area contributed by atoms with Crippen LogP contribution < -0.4 is 0 Å². The van der Waals surface area contributed by atoms with Crippen LogP contribution in [0.1, 0.15) is 23.2 Å². The Hall–Kier alpha value is -0.740. The molecular weight excluding hydrogens is 200 g/mol. The van der Waals surface area contributed by atoms with Gasteiger partial charge in [0.15, 0.2) is 0 Å². The summed E-state index contributed by atoms with van der Waals surface area (Å²) >= 11 is 5.64. The van der Waals surface area contributed by atoms with Crippen LogP contribution in [0.15, 0.2) is 6.20 Å². The highest BCUT2D eigenvalue weighted by Crippen LogP contribution is 2.31. The molecule has 0 spiro atoms. The zero-order valence-electron chi connectivity index (χ0n) is 6.89. The average Bonchev–Trinajstić information content (AvgIpc) is 2.08. The van der Waals surface area contributed by atoms with Crippen LogP contribution in [0, 0.1) is 6.92 Å². The lowest BCUT2D eigenvalue weighted by Crippen LogP contribution is -2.00. The fraction of sp³-hybridized carbons (Fsp3) is 0.375. The van der Waals surface area contributed by atoms with Gasteiger partial charge in [0.25, 0.3) is 6.43 Å². The van der Waals surface area contributed by atoms with Crippen LogP contribution in [0.3, 0.4) is 0 Å². The van der Waals surface area contributed by atoms with E-state index in [-0.39, 0.29) is 16.3 Å². The molecule has 0 radical (unpaired) electrons. The number of rotatable bonds is 2. The van der Waals surface area contributed by atoms with Gasteiger partial charge in [-0.25, -0.2) is 8.78 Å². The highest BCUT2D eigenvalue weighted by molar-refractivity contribution is 6.32. The molecule has 0 aromatic carbocycles. The largest absolute Gasteiger partial charge is 0.390 e. The number of hydrogen-bond acceptors (Lipinski definition) is 2. The first kappa shape index (κ1) is 10.3. The van der Waals surface area contributed by atoms with E-state index in [9.17, 15) is 8.78 Å². The first-order valence-corrected chi connectivity index (χ1v) is 3.98. The third kappa shape index (κ3) is 1.95. The molecule has 1 heterocycles. The first-order valence-electron chi connectivity index (χ1n) is 3.60. The number of halogens is 3. The summed E-state index contributed by atoms with van der Waals surface area (Å²) in [5.74, 6) is 0. The average molecular weight is 208 g/mol. The van der Waals surface area contributed by atoms with Crippen molar-refractivity contribution in [3.63, 3.8) is 0 Å². The number of hydrogen-bond donors (Lipinski definition) is 1. The van der Waals surface area contributed by atoms with E-state index < -0.39 is 13.0 Å². The van der Waals surface area contributed by atoms with Crippen molar-refractivity contribution < 1.29 is 13.9 Å². The highest BCUT2D eigenvalue weighted by Gasteiger charge is 2.19. The van der Waals surface area contributed by atoms with Crippen LogP contribution in [0.4, 0.5) is 8.78 Å². The Morgan fingerprint density at radius 2 is 2.23 bits per heavy atom. The van der Waals surface area contributed by atoms with E-state index in [2.05, 4.69) is 4.98 Å². The summed E-state index contributed by atoms with van der Waals surface area (Å²) in [4.78, 5) is 3.66. The Morgan fingerprint density at radius 1 is 1.62 bits per heavy atom. The molecule has 1 rings (SSSR count). The summed E-state index contributed by atoms with van der Waals surface area (Å²) in [7, 11) is 0. The van der Waals surface area contributed by atoms with Crippen molar-refractivity contribution in [3.05, 3.63) is 28.0 Å². The maximum atomic E-state index is 12.4. The normalized spacial score (nSPS) is 10.9. The van der Waals surface area contributed by atoms with E-state index in [1.165, 1.54) is 6.20 Å². The fourth-order valence-corrected chi connectivity index (χ4v) is 1.23. The van der Waals surface area contributed by atoms with Crippen LogP contribution in [0.25, 0.3) is 0 Å². The minimum absolute atomic E-state index is 0.0194. The Labute approximate surface area is 79.2 Å². The van der Waals surface area contributed by atoms with Crippen molar-refractivity contribution in [2.24, 2.45) is 0 Å². The number of aliphatic hydroxyl groups is 1. The molecule has 5 heteroatoms. The van der Waals surface area contributed by atoms with E-state index in [1.807, 2.05) is 0 Å². The van der Waals surface area contributed by atoms with Gasteiger partial charge >= 0.3 is 0 Å². The molecule has 1 aromatic heterocycles. The van der Waals surface area contributed by atoms with E-state index >= 15 is 0 Å². The lowest BCUT2D eigenvalue weighted by atomic mass is 10.1. The zero-order chi connectivity index (χ0) is 10.0. The van der Waals surface area contributed by atoms with Gasteiger partial charge in [0.05, 0.1) is 22.9 Å². The lowest BCUT2D eigenvalue weighted by Gasteiger charge is -2.09. The minimum Gasteiger partial charge on any atom is -0.390 e. The molecule has 0 bridgehead atoms. The van der Waals surface area contributed by atoms with Gasteiger partial charge in [0.2, 0.25) is 0 Å². The van der Waals surface area contributed by atoms with E-state index in [4.69, 9.17) is 16.7 Å². The zero-order valence-corrected chi connectivity index (χ0v) is 7.65. The molecule has 0 amide bonds. The van der Waals surface area contributed by atoms with Crippen molar-refractivity contribution >= 4 is 11.6 Å². The number of aliphatic hydroxyl groups excluding tert-OH is 1. The molecule has 1 N–H and O–H groups in total. The van der Waals surface area contributed by atoms with E-state index in [1.54, 1.807) is 6.92 Å². The molecule has 0 aliphatic heterocycles. The summed E-state index contributed by atoms with van der Waals surface area (Å²) < 4.78 is 24.8. The number of nitrogens with zero attached hydrogens (tertiary/aromatic N) is 1. The van der Waals surface area contributed by atoms with Gasteiger partial charge in [-0.2, -0.15) is 0 Å². The molecule has 0 fully saturated rings. The molecule has 13 heavy (non-hydrogen) atoms. The number of alkyl halides is 2. The summed E-state index contributed by atoms with van der Waals surface area (Å²) in [5.41, 5.74) is 0.0453. The third-order valence-electron chi connectivity index (χ3n) is 1.68. The molecule has 0 atom stereocenters. The number of aryl methyl sites for hydroxylation is 1. The van der Waals surface area contributed by atoms with Crippen molar-refractivity contribution in [1.82, 2.24) is 4.98 Å². The Morgan fingerprint density at radius 3 is 2.69 bits per heavy atom. The predicted molar refractivity (Wildman–Crippen MR) is 44.9 cm³/mol. The van der Waals surface area contributed by atoms with Gasteiger partial charge in [-0.3, -0.25) is 4.98 Å². The molecule has 0 aliphatic rings. The molecule has 2 nitrogen and oxygen atoms in total. The van der Waals surface area contributed by atoms with Gasteiger partial charge in [0, 0.05) is 6.20 Å². The third-order valence-corrected chi connectivity index (χ3v) is 2.18. The summed E-state index contributed by atoms with van der Waals surface area (Å²) in [6.45, 7) is 1.06. The molecule has 0 unspecified atom stereocenters. The summed E-state index contributed by atoms with van der Waals surface area (Å²) in [6, 6.07) is 0. The van der Waals surface area contributed by atoms with Crippen molar-refractivity contribution in [3.8, 4) is 0 Å². The van der Waals surface area contributed by atoms with Gasteiger partial charge in [-0.15, -0.1) is 0 Å². The van der Waals surface area contributed by atoms with Crippen LogP contribution in [0.5, 0.6) is 0 Å². The minimum atomic E-state index is -2.71. The van der Waals surface area contributed by atoms with Crippen LogP contribution >= 0.6 is 11.6 Å². The Bertz CT molecular complexity index is 317. The quantitative estimate of drug-likeness (QED) is 0.808. The number of pyridine rings is 1. The fourth-order valence-electron chi connectivity index (χ4n) is 0.988. The standard InChI is InChI=1S/C8H8ClF2NO/c1-4-2-12-5(3-13)6(7(4)9)8(10)11/h2,8,13H,3H2,1H3. The van der Waals surface area contributed by atoms with Gasteiger partial charge in [0.1, 0.15) is 0 Å². The Kier molecular flexibility index (Phi) is 3.17. The SMILES string of the molecule is Cc1cnc(CO)c(C(F)F)c1Cl. The predicted octanol–water partition coefficient (Wildman–Crippen LogP) is 2.47. The van der Waals surface area contributed by atoms with E-state index in [0.717, 1.165) is 0 Å². The maximum Gasteiger partial charge on any atom is 0.267 e. The lowest BCUT2D eigenvalue weighted by molar-refractivity contribution is 0.146. The van der Waals surface area contributed by atoms with E-state index in [0.29, 0.717) is 5.56 Å². The van der Waals surface area contributed by atoms with Crippen molar-refractivity contribution in [2.45, 2.75) is 20.0 Å². The second-order valence-corrected chi connectivity index (χ2v) is 2.95. The topological polar surface area (TPSA) is 33.1 Å². The Balaban J connectivity index is 3.32. The maximum absolute atomic E-state index is 12.4. The highest BCUT2D eigenvalue weighted by atomic mass is 35.5. The molecule has 1 aromatic rings. The molecular formula is C8H8ClF2NO. The van der Waals surface area contributed by atoms with Crippen molar-refractivity contribution in [2.75, 3.05) is 0 Å². The molecule has 0 saturated carbocycles. The van der Waals surface area contributed by atoms with Crippen molar-refractivity contribution in [1.29, 1.82) is 0 Å². The van der Waals surface area contributed by atoms with Crippen LogP contribution in [-0.2, 0) is 6.61 Å². The van der Waals surface area contributed by atoms with Gasteiger partial charge < -0.3 is 5.11 Å². The molecule has 0 saturated heterocycles. The second kappa shape index (κ2) is 3.98. The van der Waals surface area contributed by atoms with Crippen LogP contribution in [-0.4, -0.2) is 10.1 Å². The van der Waals surface area contributed by atoms with Crippen LogP contribution in [0.2, 0.25) is 5.02 Å². The van der Waals surface area contributed by atoms with Gasteiger partial charge in [-0.05, 0) is 12.5 Å². The summed E-state index contributed by atoms with van der Waals surface area (Å²) in [5, 5.41) is 8.71. The first-order chi connectivity index (χ1) is 6.07. The molecule has 0 aliphatic carbocycles. The molecule has 72 valence electrons. The summed E-state index contributed by atoms with van der Waals surface area (Å²) in [6.07, 6.45) is -1.35. The van der Waals surface area contributed by atoms with Gasteiger partial charge in [-0.1, -0.05) is 11.6 Å². The smallest absolute Gasteiger partial charge is 0.267 e. The monoisotopic (exact) mass is 207 g/mol.